The van der Waals surface area contributed by atoms with Crippen molar-refractivity contribution in [1.82, 2.24) is 5.32 Å². The molecule has 2 rings (SSSR count). The number of hydrogen-bond acceptors (Lipinski definition) is 2. The Morgan fingerprint density at radius 1 is 1.11 bits per heavy atom. The first-order valence-corrected chi connectivity index (χ1v) is 7.53. The fraction of sp³-hybridized carbons (Fsp3) is 0.867. The number of carboxylic acids is 1. The molecule has 1 amide bonds. The minimum atomic E-state index is -1.03. The van der Waals surface area contributed by atoms with Gasteiger partial charge in [-0.25, -0.2) is 4.79 Å². The van der Waals surface area contributed by atoms with E-state index >= 15 is 0 Å². The second-order valence-electron chi connectivity index (χ2n) is 6.43. The van der Waals surface area contributed by atoms with Gasteiger partial charge in [-0.05, 0) is 37.5 Å². The first kappa shape index (κ1) is 14.4. The molecule has 0 saturated heterocycles. The average Bonchev–Trinajstić information content (AvgIpc) is 2.78. The summed E-state index contributed by atoms with van der Waals surface area (Å²) < 4.78 is 0. The molecular formula is C15H25NO3. The van der Waals surface area contributed by atoms with Crippen molar-refractivity contribution in [2.24, 2.45) is 17.8 Å². The highest BCUT2D eigenvalue weighted by Crippen LogP contribution is 2.36. The van der Waals surface area contributed by atoms with Gasteiger partial charge in [-0.2, -0.15) is 0 Å². The molecule has 4 atom stereocenters. The van der Waals surface area contributed by atoms with Gasteiger partial charge in [-0.1, -0.05) is 33.1 Å². The van der Waals surface area contributed by atoms with Gasteiger partial charge in [-0.3, -0.25) is 4.79 Å². The third-order valence-corrected chi connectivity index (χ3v) is 5.23. The number of carbonyl (C=O) groups is 2. The van der Waals surface area contributed by atoms with Crippen LogP contribution in [0.15, 0.2) is 0 Å². The molecule has 0 aromatic heterocycles. The van der Waals surface area contributed by atoms with Crippen LogP contribution in [0.1, 0.15) is 58.8 Å². The topological polar surface area (TPSA) is 66.4 Å². The molecule has 108 valence electrons. The average molecular weight is 267 g/mol. The van der Waals surface area contributed by atoms with Crippen molar-refractivity contribution in [1.29, 1.82) is 0 Å². The fourth-order valence-electron chi connectivity index (χ4n) is 3.75. The van der Waals surface area contributed by atoms with Crippen molar-refractivity contribution in [2.75, 3.05) is 0 Å². The SMILES string of the molecule is CC1CCCC1C(=O)NC1(C(=O)O)CCCCC1C. The number of carboxylic acid groups (broad SMARTS) is 1. The standard InChI is InChI=1S/C15H25NO3/c1-10-6-5-8-12(10)13(17)16-15(14(18)19)9-4-3-7-11(15)2/h10-12H,3-9H2,1-2H3,(H,16,17)(H,18,19). The minimum Gasteiger partial charge on any atom is -0.479 e. The summed E-state index contributed by atoms with van der Waals surface area (Å²) in [6, 6.07) is 0. The second-order valence-corrected chi connectivity index (χ2v) is 6.43. The summed E-state index contributed by atoms with van der Waals surface area (Å²) in [6.45, 7) is 4.04. The van der Waals surface area contributed by atoms with Gasteiger partial charge in [0, 0.05) is 5.92 Å². The molecule has 0 aromatic carbocycles. The molecule has 19 heavy (non-hydrogen) atoms. The van der Waals surface area contributed by atoms with E-state index in [2.05, 4.69) is 12.2 Å². The summed E-state index contributed by atoms with van der Waals surface area (Å²) in [6.07, 6.45) is 6.45. The van der Waals surface area contributed by atoms with E-state index in [4.69, 9.17) is 0 Å². The Morgan fingerprint density at radius 2 is 1.84 bits per heavy atom. The smallest absolute Gasteiger partial charge is 0.329 e. The molecule has 0 aromatic rings. The highest BCUT2D eigenvalue weighted by molar-refractivity contribution is 5.88. The molecule has 2 fully saturated rings. The highest BCUT2D eigenvalue weighted by atomic mass is 16.4. The molecule has 4 heteroatoms. The number of aliphatic carboxylic acids is 1. The Bertz CT molecular complexity index is 368. The van der Waals surface area contributed by atoms with Crippen molar-refractivity contribution in [3.8, 4) is 0 Å². The van der Waals surface area contributed by atoms with E-state index in [0.29, 0.717) is 12.3 Å². The summed E-state index contributed by atoms with van der Waals surface area (Å²) in [5.41, 5.74) is -1.03. The molecule has 0 aliphatic heterocycles. The normalized spacial score (nSPS) is 38.9. The van der Waals surface area contributed by atoms with Crippen molar-refractivity contribution in [3.05, 3.63) is 0 Å². The van der Waals surface area contributed by atoms with Crippen LogP contribution in [0.2, 0.25) is 0 Å². The lowest BCUT2D eigenvalue weighted by atomic mass is 9.73. The van der Waals surface area contributed by atoms with Crippen LogP contribution in [0.4, 0.5) is 0 Å². The first-order valence-electron chi connectivity index (χ1n) is 7.53. The number of amides is 1. The molecule has 0 bridgehead atoms. The molecule has 2 saturated carbocycles. The van der Waals surface area contributed by atoms with Crippen LogP contribution in [0, 0.1) is 17.8 Å². The van der Waals surface area contributed by atoms with Crippen LogP contribution in [0.3, 0.4) is 0 Å². The number of hydrogen-bond donors (Lipinski definition) is 2. The molecule has 4 nitrogen and oxygen atoms in total. The van der Waals surface area contributed by atoms with Crippen molar-refractivity contribution >= 4 is 11.9 Å². The molecule has 2 N–H and O–H groups in total. The van der Waals surface area contributed by atoms with Gasteiger partial charge in [0.15, 0.2) is 0 Å². The van der Waals surface area contributed by atoms with Gasteiger partial charge in [0.05, 0.1) is 0 Å². The lowest BCUT2D eigenvalue weighted by Crippen LogP contribution is -2.61. The minimum absolute atomic E-state index is 0.00496. The van der Waals surface area contributed by atoms with Crippen molar-refractivity contribution in [3.63, 3.8) is 0 Å². The summed E-state index contributed by atoms with van der Waals surface area (Å²) in [5, 5.41) is 12.5. The van der Waals surface area contributed by atoms with Crippen LogP contribution in [-0.4, -0.2) is 22.5 Å². The van der Waals surface area contributed by atoms with Crippen molar-refractivity contribution < 1.29 is 14.7 Å². The molecule has 2 aliphatic rings. The Kier molecular flexibility index (Phi) is 4.16. The number of carbonyl (C=O) groups excluding carboxylic acids is 1. The number of rotatable bonds is 3. The van der Waals surface area contributed by atoms with Gasteiger partial charge in [0.2, 0.25) is 5.91 Å². The van der Waals surface area contributed by atoms with Crippen LogP contribution >= 0.6 is 0 Å². The third-order valence-electron chi connectivity index (χ3n) is 5.23. The van der Waals surface area contributed by atoms with Gasteiger partial charge in [0.25, 0.3) is 0 Å². The predicted molar refractivity (Wildman–Crippen MR) is 72.6 cm³/mol. The Balaban J connectivity index is 2.12. The Labute approximate surface area is 115 Å². The van der Waals surface area contributed by atoms with Gasteiger partial charge in [0.1, 0.15) is 5.54 Å². The maximum atomic E-state index is 12.4. The second kappa shape index (κ2) is 5.51. The van der Waals surface area contributed by atoms with Crippen molar-refractivity contribution in [2.45, 2.75) is 64.3 Å². The van der Waals surface area contributed by atoms with E-state index in [0.717, 1.165) is 38.5 Å². The zero-order chi connectivity index (χ0) is 14.0. The summed E-state index contributed by atoms with van der Waals surface area (Å²) in [4.78, 5) is 24.1. The van der Waals surface area contributed by atoms with Crippen LogP contribution < -0.4 is 5.32 Å². The summed E-state index contributed by atoms with van der Waals surface area (Å²) in [5.74, 6) is -0.505. The van der Waals surface area contributed by atoms with E-state index in [1.165, 1.54) is 0 Å². The van der Waals surface area contributed by atoms with E-state index < -0.39 is 11.5 Å². The van der Waals surface area contributed by atoms with E-state index in [1.807, 2.05) is 6.92 Å². The van der Waals surface area contributed by atoms with Gasteiger partial charge < -0.3 is 10.4 Å². The van der Waals surface area contributed by atoms with Crippen LogP contribution in [0.5, 0.6) is 0 Å². The lowest BCUT2D eigenvalue weighted by molar-refractivity contribution is -0.153. The van der Waals surface area contributed by atoms with E-state index in [1.54, 1.807) is 0 Å². The van der Waals surface area contributed by atoms with E-state index in [-0.39, 0.29) is 17.7 Å². The zero-order valence-corrected chi connectivity index (χ0v) is 11.9. The Hall–Kier alpha value is -1.06. The lowest BCUT2D eigenvalue weighted by Gasteiger charge is -2.40. The molecule has 0 radical (unpaired) electrons. The fourth-order valence-corrected chi connectivity index (χ4v) is 3.75. The first-order chi connectivity index (χ1) is 8.97. The highest BCUT2D eigenvalue weighted by Gasteiger charge is 2.47. The van der Waals surface area contributed by atoms with E-state index in [9.17, 15) is 14.7 Å². The molecular weight excluding hydrogens is 242 g/mol. The number of nitrogens with one attached hydrogen (secondary N) is 1. The summed E-state index contributed by atoms with van der Waals surface area (Å²) >= 11 is 0. The monoisotopic (exact) mass is 267 g/mol. The van der Waals surface area contributed by atoms with Gasteiger partial charge >= 0.3 is 5.97 Å². The third kappa shape index (κ3) is 2.63. The predicted octanol–water partition coefficient (Wildman–Crippen LogP) is 2.57. The maximum absolute atomic E-state index is 12.4. The Morgan fingerprint density at radius 3 is 2.37 bits per heavy atom. The molecule has 2 aliphatic carbocycles. The largest absolute Gasteiger partial charge is 0.479 e. The summed E-state index contributed by atoms with van der Waals surface area (Å²) in [7, 11) is 0. The maximum Gasteiger partial charge on any atom is 0.329 e. The van der Waals surface area contributed by atoms with Crippen LogP contribution in [0.25, 0.3) is 0 Å². The molecule has 4 unspecified atom stereocenters. The molecule has 0 spiro atoms. The molecule has 0 heterocycles. The van der Waals surface area contributed by atoms with Crippen LogP contribution in [-0.2, 0) is 9.59 Å². The zero-order valence-electron chi connectivity index (χ0n) is 11.9. The quantitative estimate of drug-likeness (QED) is 0.826. The van der Waals surface area contributed by atoms with Gasteiger partial charge in [-0.15, -0.1) is 0 Å².